The fraction of sp³-hybridized carbons (Fsp3) is 0.536. The molecule has 2 aliphatic heterocycles. The first-order valence-corrected chi connectivity index (χ1v) is 14.6. The summed E-state index contributed by atoms with van der Waals surface area (Å²) in [6, 6.07) is 6.52. The number of nitrogens with zero attached hydrogens (tertiary/aromatic N) is 5. The predicted octanol–water partition coefficient (Wildman–Crippen LogP) is 3.28. The number of carbonyl (C=O) groups is 2. The Labute approximate surface area is 231 Å². The SMILES string of the molecule is Cc1ncsc1-c1ccc([C@H](C)NC(=O)[C@@H]2C[C@@H](O)CN2C(=O)C2CCCOCc3c(C4CC4)nnn32)cc1. The molecule has 1 saturated heterocycles. The molecule has 1 aliphatic carbocycles. The number of nitrogens with one attached hydrogen (secondary N) is 1. The Balaban J connectivity index is 1.17. The zero-order valence-corrected chi connectivity index (χ0v) is 23.1. The van der Waals surface area contributed by atoms with Crippen LogP contribution in [-0.4, -0.2) is 67.1 Å². The molecule has 1 saturated carbocycles. The molecule has 2 fully saturated rings. The second kappa shape index (κ2) is 10.8. The van der Waals surface area contributed by atoms with Crippen LogP contribution in [0.15, 0.2) is 29.8 Å². The van der Waals surface area contributed by atoms with Crippen molar-refractivity contribution in [3.8, 4) is 10.4 Å². The van der Waals surface area contributed by atoms with Crippen molar-refractivity contribution < 1.29 is 19.4 Å². The predicted molar refractivity (Wildman–Crippen MR) is 145 cm³/mol. The highest BCUT2D eigenvalue weighted by Crippen LogP contribution is 2.41. The van der Waals surface area contributed by atoms with Gasteiger partial charge in [0, 0.05) is 25.5 Å². The van der Waals surface area contributed by atoms with Crippen LogP contribution in [0.5, 0.6) is 0 Å². The molecule has 39 heavy (non-hydrogen) atoms. The van der Waals surface area contributed by atoms with Gasteiger partial charge in [0.1, 0.15) is 12.1 Å². The van der Waals surface area contributed by atoms with E-state index < -0.39 is 18.2 Å². The Bertz CT molecular complexity index is 1350. The van der Waals surface area contributed by atoms with E-state index in [0.717, 1.165) is 45.9 Å². The molecule has 2 aromatic heterocycles. The average molecular weight is 551 g/mol. The summed E-state index contributed by atoms with van der Waals surface area (Å²) in [6.07, 6.45) is 2.86. The first-order valence-electron chi connectivity index (χ1n) is 13.7. The van der Waals surface area contributed by atoms with Crippen molar-refractivity contribution >= 4 is 23.2 Å². The second-order valence-electron chi connectivity index (χ2n) is 10.9. The van der Waals surface area contributed by atoms with Crippen LogP contribution in [0.2, 0.25) is 0 Å². The van der Waals surface area contributed by atoms with Crippen LogP contribution in [0.25, 0.3) is 10.4 Å². The standard InChI is InChI=1S/C28H34N6O4S/c1-16(18-5-9-20(10-6-18)26-17(2)29-15-39-26)30-27(36)23-12-21(35)13-33(23)28(37)22-4-3-11-38-14-24-25(19-7-8-19)31-32-34(22)24/h5-6,9-10,15-16,19,21-23,35H,3-4,7-8,11-14H2,1-2H3,(H,30,36)/t16-,21+,22?,23-/m0/s1. The molecule has 1 aromatic carbocycles. The molecule has 206 valence electrons. The van der Waals surface area contributed by atoms with Crippen molar-refractivity contribution in [2.24, 2.45) is 0 Å². The van der Waals surface area contributed by atoms with Crippen LogP contribution in [0.3, 0.4) is 0 Å². The van der Waals surface area contributed by atoms with Gasteiger partial charge in [0.25, 0.3) is 0 Å². The average Bonchev–Trinajstić information content (AvgIpc) is 3.34. The molecule has 10 nitrogen and oxygen atoms in total. The lowest BCUT2D eigenvalue weighted by Crippen LogP contribution is -2.49. The number of amides is 2. The maximum atomic E-state index is 13.9. The zero-order chi connectivity index (χ0) is 27.1. The summed E-state index contributed by atoms with van der Waals surface area (Å²) >= 11 is 1.60. The van der Waals surface area contributed by atoms with Gasteiger partial charge >= 0.3 is 0 Å². The van der Waals surface area contributed by atoms with Crippen LogP contribution < -0.4 is 5.32 Å². The number of aliphatic hydroxyl groups is 1. The molecular formula is C28H34N6O4S. The van der Waals surface area contributed by atoms with Crippen LogP contribution in [-0.2, 0) is 20.9 Å². The third-order valence-electron chi connectivity index (χ3n) is 8.01. The summed E-state index contributed by atoms with van der Waals surface area (Å²) in [5.41, 5.74) is 6.68. The lowest BCUT2D eigenvalue weighted by molar-refractivity contribution is -0.142. The lowest BCUT2D eigenvalue weighted by atomic mass is 10.0. The Morgan fingerprint density at radius 3 is 2.69 bits per heavy atom. The van der Waals surface area contributed by atoms with Gasteiger partial charge in [-0.2, -0.15) is 0 Å². The summed E-state index contributed by atoms with van der Waals surface area (Å²) in [5.74, 6) is -0.0679. The van der Waals surface area contributed by atoms with E-state index in [1.54, 1.807) is 16.0 Å². The normalized spacial score (nSPS) is 24.1. The topological polar surface area (TPSA) is 122 Å². The van der Waals surface area contributed by atoms with Gasteiger partial charge in [0.15, 0.2) is 0 Å². The third-order valence-corrected chi connectivity index (χ3v) is 8.99. The van der Waals surface area contributed by atoms with Gasteiger partial charge in [-0.1, -0.05) is 29.5 Å². The van der Waals surface area contributed by atoms with Crippen LogP contribution in [0, 0.1) is 6.92 Å². The van der Waals surface area contributed by atoms with Gasteiger partial charge in [0.05, 0.1) is 46.2 Å². The monoisotopic (exact) mass is 550 g/mol. The lowest BCUT2D eigenvalue weighted by Gasteiger charge is -2.30. The highest BCUT2D eigenvalue weighted by atomic mass is 32.1. The van der Waals surface area contributed by atoms with Crippen LogP contribution in [0.4, 0.5) is 0 Å². The van der Waals surface area contributed by atoms with Crippen molar-refractivity contribution in [2.45, 2.75) is 82.7 Å². The Kier molecular flexibility index (Phi) is 7.22. The van der Waals surface area contributed by atoms with E-state index in [1.807, 2.05) is 43.6 Å². The molecular weight excluding hydrogens is 516 g/mol. The van der Waals surface area contributed by atoms with Crippen LogP contribution in [0.1, 0.15) is 79.7 Å². The van der Waals surface area contributed by atoms with Crippen molar-refractivity contribution in [2.75, 3.05) is 13.2 Å². The third kappa shape index (κ3) is 5.22. The van der Waals surface area contributed by atoms with E-state index in [2.05, 4.69) is 20.6 Å². The summed E-state index contributed by atoms with van der Waals surface area (Å²) in [4.78, 5) is 34.4. The van der Waals surface area contributed by atoms with E-state index in [0.29, 0.717) is 32.0 Å². The zero-order valence-electron chi connectivity index (χ0n) is 22.2. The Hall–Kier alpha value is -3.15. The van der Waals surface area contributed by atoms with E-state index >= 15 is 0 Å². The molecule has 3 aliphatic rings. The summed E-state index contributed by atoms with van der Waals surface area (Å²) < 4.78 is 7.51. The van der Waals surface area contributed by atoms with Gasteiger partial charge in [-0.05, 0) is 50.7 Å². The first kappa shape index (κ1) is 26.1. The van der Waals surface area contributed by atoms with Gasteiger partial charge in [-0.15, -0.1) is 16.4 Å². The number of thiazole rings is 1. The van der Waals surface area contributed by atoms with Gasteiger partial charge in [-0.25, -0.2) is 9.67 Å². The van der Waals surface area contributed by atoms with Crippen molar-refractivity contribution in [1.29, 1.82) is 0 Å². The Morgan fingerprint density at radius 1 is 1.18 bits per heavy atom. The molecule has 0 bridgehead atoms. The number of β-amino-alcohol motifs (C(OH)–C–C–N with tert-alkyl or cyclic N) is 1. The quantitative estimate of drug-likeness (QED) is 0.483. The largest absolute Gasteiger partial charge is 0.391 e. The summed E-state index contributed by atoms with van der Waals surface area (Å²) in [7, 11) is 0. The minimum atomic E-state index is -0.754. The van der Waals surface area contributed by atoms with E-state index in [4.69, 9.17) is 4.74 Å². The van der Waals surface area contributed by atoms with Gasteiger partial charge in [-0.3, -0.25) is 9.59 Å². The number of rotatable bonds is 6. The number of hydrogen-bond acceptors (Lipinski definition) is 8. The number of aryl methyl sites for hydroxylation is 1. The van der Waals surface area contributed by atoms with E-state index in [9.17, 15) is 14.7 Å². The molecule has 1 unspecified atom stereocenters. The van der Waals surface area contributed by atoms with Crippen molar-refractivity contribution in [3.63, 3.8) is 0 Å². The second-order valence-corrected chi connectivity index (χ2v) is 11.7. The highest BCUT2D eigenvalue weighted by Gasteiger charge is 2.43. The number of hydrogen-bond donors (Lipinski definition) is 2. The number of aromatic nitrogens is 4. The number of likely N-dealkylation sites (tertiary alicyclic amines) is 1. The smallest absolute Gasteiger partial charge is 0.248 e. The van der Waals surface area contributed by atoms with Crippen molar-refractivity contribution in [1.82, 2.24) is 30.2 Å². The minimum Gasteiger partial charge on any atom is -0.391 e. The number of fused-ring (bicyclic) bond motifs is 1. The number of aliphatic hydroxyl groups excluding tert-OH is 1. The molecule has 3 aromatic rings. The molecule has 4 heterocycles. The molecule has 6 rings (SSSR count). The maximum Gasteiger partial charge on any atom is 0.248 e. The minimum absolute atomic E-state index is 0.126. The number of ether oxygens (including phenoxy) is 1. The summed E-state index contributed by atoms with van der Waals surface area (Å²) in [5, 5.41) is 22.4. The van der Waals surface area contributed by atoms with Gasteiger partial charge < -0.3 is 20.1 Å². The fourth-order valence-corrected chi connectivity index (χ4v) is 6.49. The van der Waals surface area contributed by atoms with E-state index in [-0.39, 0.29) is 30.8 Å². The molecule has 0 radical (unpaired) electrons. The molecule has 11 heteroatoms. The molecule has 4 atom stereocenters. The van der Waals surface area contributed by atoms with Gasteiger partial charge in [0.2, 0.25) is 11.8 Å². The van der Waals surface area contributed by atoms with E-state index in [1.165, 1.54) is 4.90 Å². The number of carbonyl (C=O) groups excluding carboxylic acids is 2. The van der Waals surface area contributed by atoms with Crippen LogP contribution >= 0.6 is 11.3 Å². The molecule has 2 N–H and O–H groups in total. The summed E-state index contributed by atoms with van der Waals surface area (Å²) in [6.45, 7) is 4.99. The maximum absolute atomic E-state index is 13.9. The molecule has 2 amide bonds. The number of benzene rings is 1. The fourth-order valence-electron chi connectivity index (χ4n) is 5.68. The molecule has 0 spiro atoms. The van der Waals surface area contributed by atoms with Crippen molar-refractivity contribution in [3.05, 3.63) is 52.4 Å². The first-order chi connectivity index (χ1) is 18.9. The Morgan fingerprint density at radius 2 is 1.97 bits per heavy atom. The highest BCUT2D eigenvalue weighted by molar-refractivity contribution is 7.13.